The maximum atomic E-state index is 12.2. The molecule has 0 unspecified atom stereocenters. The Hall–Kier alpha value is -3.63. The van der Waals surface area contributed by atoms with Crippen LogP contribution in [0.15, 0.2) is 70.4 Å². The van der Waals surface area contributed by atoms with Crippen LogP contribution in [0.4, 0.5) is 0 Å². The molecule has 0 atom stereocenters. The molecule has 0 aliphatic carbocycles. The molecule has 4 rings (SSSR count). The number of benzene rings is 2. The first-order chi connectivity index (χ1) is 17.2. The second-order valence-electron chi connectivity index (χ2n) is 7.61. The fraction of sp³-hybridized carbons (Fsp3) is 0.280. The number of ether oxygens (including phenoxy) is 2. The molecule has 4 aromatic rings. The number of oxazole rings is 1. The van der Waals surface area contributed by atoms with Gasteiger partial charge in [-0.05, 0) is 36.2 Å². The lowest BCUT2D eigenvalue weighted by Gasteiger charge is -2.11. The van der Waals surface area contributed by atoms with Crippen molar-refractivity contribution in [3.8, 4) is 11.4 Å². The molecule has 35 heavy (non-hydrogen) atoms. The Morgan fingerprint density at radius 1 is 1.09 bits per heavy atom. The third-order valence-electron chi connectivity index (χ3n) is 5.16. The Bertz CT molecular complexity index is 1220. The third-order valence-corrected chi connectivity index (χ3v) is 6.07. The first-order valence-corrected chi connectivity index (χ1v) is 12.1. The van der Waals surface area contributed by atoms with Crippen molar-refractivity contribution in [2.45, 2.75) is 23.8 Å². The van der Waals surface area contributed by atoms with Crippen LogP contribution in [0.3, 0.4) is 0 Å². The van der Waals surface area contributed by atoms with Crippen molar-refractivity contribution >= 4 is 17.7 Å². The summed E-state index contributed by atoms with van der Waals surface area (Å²) >= 11 is 1.44. The largest absolute Gasteiger partial charge is 0.497 e. The van der Waals surface area contributed by atoms with E-state index in [1.165, 1.54) is 18.0 Å². The van der Waals surface area contributed by atoms with E-state index in [1.54, 1.807) is 14.2 Å². The molecule has 9 nitrogen and oxygen atoms in total. The van der Waals surface area contributed by atoms with Crippen LogP contribution < -0.4 is 10.1 Å². The van der Waals surface area contributed by atoms with Crippen LogP contribution in [0.2, 0.25) is 0 Å². The van der Waals surface area contributed by atoms with E-state index >= 15 is 0 Å². The van der Waals surface area contributed by atoms with Crippen molar-refractivity contribution in [1.29, 1.82) is 0 Å². The molecule has 182 valence electrons. The summed E-state index contributed by atoms with van der Waals surface area (Å²) in [6, 6.07) is 17.9. The van der Waals surface area contributed by atoms with Crippen LogP contribution in [0.1, 0.15) is 34.2 Å². The maximum Gasteiger partial charge on any atom is 0.273 e. The van der Waals surface area contributed by atoms with E-state index in [-0.39, 0.29) is 11.6 Å². The van der Waals surface area contributed by atoms with Crippen molar-refractivity contribution in [2.75, 3.05) is 27.4 Å². The molecular formula is C25H27N5O4S. The number of rotatable bonds is 12. The number of nitrogens with one attached hydrogen (secondary N) is 1. The predicted molar refractivity (Wildman–Crippen MR) is 132 cm³/mol. The Balaban J connectivity index is 1.49. The minimum Gasteiger partial charge on any atom is -0.497 e. The lowest BCUT2D eigenvalue weighted by atomic mass is 10.1. The highest BCUT2D eigenvalue weighted by Gasteiger charge is 2.17. The topological polar surface area (TPSA) is 104 Å². The standard InChI is InChI=1S/C25H27N5O4S/c1-32-14-6-13-26-24(31)21-16-34-23(27-21)17-35-25-29-28-22(15-18-7-4-3-5-8-18)30(25)19-9-11-20(33-2)12-10-19/h3-5,7-12,16H,6,13-15,17H2,1-2H3,(H,26,31). The summed E-state index contributed by atoms with van der Waals surface area (Å²) < 4.78 is 17.8. The molecule has 0 aliphatic heterocycles. The fourth-order valence-corrected chi connectivity index (χ4v) is 4.22. The van der Waals surface area contributed by atoms with Gasteiger partial charge in [0, 0.05) is 32.4 Å². The van der Waals surface area contributed by atoms with E-state index in [0.29, 0.717) is 36.4 Å². The molecule has 0 spiro atoms. The zero-order chi connectivity index (χ0) is 24.5. The summed E-state index contributed by atoms with van der Waals surface area (Å²) in [6.45, 7) is 1.10. The van der Waals surface area contributed by atoms with Crippen LogP contribution in [0, 0.1) is 0 Å². The van der Waals surface area contributed by atoms with Gasteiger partial charge in [0.25, 0.3) is 5.91 Å². The minimum absolute atomic E-state index is 0.249. The number of hydrogen-bond donors (Lipinski definition) is 1. The van der Waals surface area contributed by atoms with Gasteiger partial charge in [0.1, 0.15) is 17.8 Å². The van der Waals surface area contributed by atoms with Crippen LogP contribution in [0.5, 0.6) is 5.75 Å². The van der Waals surface area contributed by atoms with Gasteiger partial charge in [-0.2, -0.15) is 0 Å². The second-order valence-corrected chi connectivity index (χ2v) is 8.55. The zero-order valence-corrected chi connectivity index (χ0v) is 20.5. The van der Waals surface area contributed by atoms with Crippen molar-refractivity contribution in [3.63, 3.8) is 0 Å². The molecule has 2 aromatic heterocycles. The normalized spacial score (nSPS) is 10.9. The summed E-state index contributed by atoms with van der Waals surface area (Å²) in [6.07, 6.45) is 2.73. The molecule has 2 heterocycles. The van der Waals surface area contributed by atoms with Gasteiger partial charge in [-0.15, -0.1) is 10.2 Å². The van der Waals surface area contributed by atoms with Crippen LogP contribution in [0.25, 0.3) is 5.69 Å². The first kappa shape index (κ1) is 24.5. The number of aromatic nitrogens is 4. The number of carbonyl (C=O) groups is 1. The first-order valence-electron chi connectivity index (χ1n) is 11.1. The van der Waals surface area contributed by atoms with Crippen molar-refractivity contribution < 1.29 is 18.7 Å². The molecule has 0 radical (unpaired) electrons. The van der Waals surface area contributed by atoms with Gasteiger partial charge in [-0.25, -0.2) is 4.98 Å². The average molecular weight is 494 g/mol. The number of hydrogen-bond acceptors (Lipinski definition) is 8. The molecular weight excluding hydrogens is 466 g/mol. The van der Waals surface area contributed by atoms with Crippen LogP contribution >= 0.6 is 11.8 Å². The minimum atomic E-state index is -0.271. The lowest BCUT2D eigenvalue weighted by Crippen LogP contribution is -2.25. The Morgan fingerprint density at radius 3 is 2.63 bits per heavy atom. The molecule has 0 saturated carbocycles. The van der Waals surface area contributed by atoms with Gasteiger partial charge < -0.3 is 19.2 Å². The van der Waals surface area contributed by atoms with Gasteiger partial charge >= 0.3 is 0 Å². The quantitative estimate of drug-likeness (QED) is 0.234. The second kappa shape index (κ2) is 12.2. The van der Waals surface area contributed by atoms with E-state index < -0.39 is 0 Å². The Labute approximate surface area is 207 Å². The third kappa shape index (κ3) is 6.49. The molecule has 0 fully saturated rings. The molecule has 10 heteroatoms. The molecule has 0 bridgehead atoms. The number of nitrogens with zero attached hydrogens (tertiary/aromatic N) is 4. The number of methoxy groups -OCH3 is 2. The smallest absolute Gasteiger partial charge is 0.273 e. The van der Waals surface area contributed by atoms with Gasteiger partial charge in [0.15, 0.2) is 10.9 Å². The van der Waals surface area contributed by atoms with Crippen LogP contribution in [-0.2, 0) is 16.9 Å². The van der Waals surface area contributed by atoms with E-state index in [1.807, 2.05) is 47.0 Å². The van der Waals surface area contributed by atoms with Gasteiger partial charge in [0.2, 0.25) is 5.89 Å². The lowest BCUT2D eigenvalue weighted by molar-refractivity contribution is 0.0943. The van der Waals surface area contributed by atoms with Gasteiger partial charge in [0.05, 0.1) is 12.9 Å². The van der Waals surface area contributed by atoms with E-state index in [0.717, 1.165) is 29.2 Å². The van der Waals surface area contributed by atoms with Crippen molar-refractivity contribution in [3.05, 3.63) is 83.8 Å². The van der Waals surface area contributed by atoms with Crippen molar-refractivity contribution in [1.82, 2.24) is 25.1 Å². The molecule has 2 aromatic carbocycles. The predicted octanol–water partition coefficient (Wildman–Crippen LogP) is 3.91. The summed E-state index contributed by atoms with van der Waals surface area (Å²) in [7, 11) is 3.27. The monoisotopic (exact) mass is 493 g/mol. The van der Waals surface area contributed by atoms with Crippen LogP contribution in [-0.4, -0.2) is 53.0 Å². The van der Waals surface area contributed by atoms with Gasteiger partial charge in [-0.3, -0.25) is 9.36 Å². The Kier molecular flexibility index (Phi) is 8.53. The highest BCUT2D eigenvalue weighted by Crippen LogP contribution is 2.27. The zero-order valence-electron chi connectivity index (χ0n) is 19.6. The number of thioether (sulfide) groups is 1. The van der Waals surface area contributed by atoms with E-state index in [2.05, 4.69) is 32.6 Å². The number of carbonyl (C=O) groups excluding carboxylic acids is 1. The molecule has 1 amide bonds. The van der Waals surface area contributed by atoms with E-state index in [4.69, 9.17) is 13.9 Å². The fourth-order valence-electron chi connectivity index (χ4n) is 3.39. The van der Waals surface area contributed by atoms with Crippen molar-refractivity contribution in [2.24, 2.45) is 0 Å². The summed E-state index contributed by atoms with van der Waals surface area (Å²) in [5.41, 5.74) is 2.31. The van der Waals surface area contributed by atoms with E-state index in [9.17, 15) is 4.79 Å². The molecule has 0 saturated heterocycles. The average Bonchev–Trinajstić information content (AvgIpc) is 3.53. The van der Waals surface area contributed by atoms with Gasteiger partial charge in [-0.1, -0.05) is 42.1 Å². The SMILES string of the molecule is COCCCNC(=O)c1coc(CSc2nnc(Cc3ccccc3)n2-c2ccc(OC)cc2)n1. The molecule has 1 N–H and O–H groups in total. The summed E-state index contributed by atoms with van der Waals surface area (Å²) in [4.78, 5) is 16.6. The summed E-state index contributed by atoms with van der Waals surface area (Å²) in [5, 5.41) is 12.4. The summed E-state index contributed by atoms with van der Waals surface area (Å²) in [5.74, 6) is 2.15. The Morgan fingerprint density at radius 2 is 1.89 bits per heavy atom. The molecule has 0 aliphatic rings. The highest BCUT2D eigenvalue weighted by atomic mass is 32.2. The number of amides is 1. The highest BCUT2D eigenvalue weighted by molar-refractivity contribution is 7.98. The maximum absolute atomic E-state index is 12.2.